The maximum Gasteiger partial charge on any atom is 0.472 e. The predicted molar refractivity (Wildman–Crippen MR) is 36.8 cm³/mol. The Hall–Kier alpha value is -0.830. The fourth-order valence-electron chi connectivity index (χ4n) is 0.267. The molecule has 1 amide bonds. The number of carbonyl (C=O) groups is 1. The highest BCUT2D eigenvalue weighted by atomic mass is 32.2. The summed E-state index contributed by atoms with van der Waals surface area (Å²) in [6.07, 6.45) is -5.10. The molecule has 13 heavy (non-hydrogen) atoms. The number of hydrazine groups is 1. The van der Waals surface area contributed by atoms with Gasteiger partial charge in [0.05, 0.1) is 5.75 Å². The number of sulfonamides is 1. The Morgan fingerprint density at radius 3 is 2.15 bits per heavy atom. The second kappa shape index (κ2) is 3.92. The van der Waals surface area contributed by atoms with Gasteiger partial charge >= 0.3 is 12.1 Å². The summed E-state index contributed by atoms with van der Waals surface area (Å²) in [5, 5.41) is 0. The van der Waals surface area contributed by atoms with Gasteiger partial charge in [0.25, 0.3) is 0 Å². The standard InChI is InChI=1S/C4H7F3N2O3S/c1-2-13(11,12)9-8-3(10)4(5,6)7/h9H,2H2,1H3,(H,8,10). The molecule has 0 heterocycles. The lowest BCUT2D eigenvalue weighted by Gasteiger charge is -2.08. The van der Waals surface area contributed by atoms with E-state index >= 15 is 0 Å². The minimum absolute atomic E-state index is 0.425. The first-order valence-electron chi connectivity index (χ1n) is 3.05. The summed E-state index contributed by atoms with van der Waals surface area (Å²) >= 11 is 0. The Morgan fingerprint density at radius 1 is 1.38 bits per heavy atom. The third-order valence-corrected chi connectivity index (χ3v) is 2.13. The molecule has 0 aliphatic carbocycles. The number of hydrogen-bond acceptors (Lipinski definition) is 3. The van der Waals surface area contributed by atoms with Crippen molar-refractivity contribution in [1.82, 2.24) is 10.3 Å². The Morgan fingerprint density at radius 2 is 1.85 bits per heavy atom. The molecule has 0 aromatic rings. The largest absolute Gasteiger partial charge is 0.472 e. The Bertz CT molecular complexity index is 283. The van der Waals surface area contributed by atoms with Gasteiger partial charge in [0.1, 0.15) is 0 Å². The highest BCUT2D eigenvalue weighted by molar-refractivity contribution is 7.89. The van der Waals surface area contributed by atoms with E-state index < -0.39 is 27.9 Å². The number of rotatable bonds is 3. The lowest BCUT2D eigenvalue weighted by atomic mass is 10.6. The van der Waals surface area contributed by atoms with Gasteiger partial charge in [-0.05, 0) is 6.92 Å². The van der Waals surface area contributed by atoms with Gasteiger partial charge in [0.2, 0.25) is 10.0 Å². The van der Waals surface area contributed by atoms with Crippen molar-refractivity contribution in [3.63, 3.8) is 0 Å². The van der Waals surface area contributed by atoms with Gasteiger partial charge in [-0.1, -0.05) is 0 Å². The van der Waals surface area contributed by atoms with Gasteiger partial charge in [-0.25, -0.2) is 8.42 Å². The quantitative estimate of drug-likeness (QED) is 0.631. The summed E-state index contributed by atoms with van der Waals surface area (Å²) < 4.78 is 55.5. The zero-order chi connectivity index (χ0) is 10.7. The zero-order valence-corrected chi connectivity index (χ0v) is 7.29. The van der Waals surface area contributed by atoms with Crippen LogP contribution in [0, 0.1) is 0 Å². The average molecular weight is 220 g/mol. The topological polar surface area (TPSA) is 75.3 Å². The van der Waals surface area contributed by atoms with Gasteiger partial charge in [0, 0.05) is 0 Å². The van der Waals surface area contributed by atoms with Crippen LogP contribution in [0.3, 0.4) is 0 Å². The van der Waals surface area contributed by atoms with Gasteiger partial charge in [-0.2, -0.15) is 13.2 Å². The Balaban J connectivity index is 4.14. The van der Waals surface area contributed by atoms with Gasteiger partial charge in [-0.3, -0.25) is 10.2 Å². The first kappa shape index (κ1) is 12.2. The Kier molecular flexibility index (Phi) is 3.67. The SMILES string of the molecule is CCS(=O)(=O)NNC(=O)C(F)(F)F. The van der Waals surface area contributed by atoms with Crippen molar-refractivity contribution in [2.24, 2.45) is 0 Å². The maximum atomic E-state index is 11.5. The van der Waals surface area contributed by atoms with Crippen molar-refractivity contribution in [1.29, 1.82) is 0 Å². The van der Waals surface area contributed by atoms with Crippen LogP contribution in [0.25, 0.3) is 0 Å². The molecule has 0 radical (unpaired) electrons. The predicted octanol–water partition coefficient (Wildman–Crippen LogP) is -0.481. The minimum Gasteiger partial charge on any atom is -0.270 e. The van der Waals surface area contributed by atoms with Crippen LogP contribution in [0.5, 0.6) is 0 Å². The number of nitrogens with one attached hydrogen (secondary N) is 2. The fraction of sp³-hybridized carbons (Fsp3) is 0.750. The minimum atomic E-state index is -5.10. The third-order valence-electron chi connectivity index (χ3n) is 0.958. The summed E-state index contributed by atoms with van der Waals surface area (Å²) in [6, 6.07) is 0. The van der Waals surface area contributed by atoms with Crippen molar-refractivity contribution < 1.29 is 26.4 Å². The molecule has 5 nitrogen and oxygen atoms in total. The molecule has 2 N–H and O–H groups in total. The molecule has 0 saturated heterocycles. The second-order valence-corrected chi connectivity index (χ2v) is 3.97. The molecule has 0 saturated carbocycles. The summed E-state index contributed by atoms with van der Waals surface area (Å²) in [7, 11) is -3.86. The molecule has 78 valence electrons. The van der Waals surface area contributed by atoms with Crippen LogP contribution >= 0.6 is 0 Å². The van der Waals surface area contributed by atoms with Crippen LogP contribution in [0.15, 0.2) is 0 Å². The van der Waals surface area contributed by atoms with Crippen LogP contribution in [-0.2, 0) is 14.8 Å². The summed E-state index contributed by atoms with van der Waals surface area (Å²) in [5.41, 5.74) is 1.01. The molecule has 0 fully saturated rings. The molecule has 0 aliphatic rings. The molecule has 0 unspecified atom stereocenters. The molecular formula is C4H7F3N2O3S. The molecule has 0 aromatic heterocycles. The highest BCUT2D eigenvalue weighted by Crippen LogP contribution is 2.13. The van der Waals surface area contributed by atoms with E-state index in [1.54, 1.807) is 0 Å². The first-order chi connectivity index (χ1) is 5.69. The monoisotopic (exact) mass is 220 g/mol. The number of halogens is 3. The van der Waals surface area contributed by atoms with Crippen molar-refractivity contribution in [2.75, 3.05) is 5.75 Å². The first-order valence-corrected chi connectivity index (χ1v) is 4.71. The van der Waals surface area contributed by atoms with E-state index in [1.165, 1.54) is 11.8 Å². The summed E-state index contributed by atoms with van der Waals surface area (Å²) in [4.78, 5) is 11.3. The van der Waals surface area contributed by atoms with E-state index in [1.807, 2.05) is 0 Å². The molecule has 0 aromatic carbocycles. The molecule has 0 aliphatic heterocycles. The van der Waals surface area contributed by atoms with E-state index in [-0.39, 0.29) is 0 Å². The Labute approximate surface area is 72.3 Å². The highest BCUT2D eigenvalue weighted by Gasteiger charge is 2.39. The summed E-state index contributed by atoms with van der Waals surface area (Å²) in [6.45, 7) is 1.21. The molecule has 0 rings (SSSR count). The number of amides is 1. The molecule has 0 spiro atoms. The second-order valence-electron chi connectivity index (χ2n) is 1.96. The van der Waals surface area contributed by atoms with Gasteiger partial charge in [-0.15, -0.1) is 4.83 Å². The lowest BCUT2D eigenvalue weighted by Crippen LogP contribution is -2.48. The van der Waals surface area contributed by atoms with Crippen LogP contribution < -0.4 is 10.3 Å². The fourth-order valence-corrected chi connectivity index (χ4v) is 0.660. The van der Waals surface area contributed by atoms with E-state index in [0.717, 1.165) is 5.43 Å². The average Bonchev–Trinajstić information content (AvgIpc) is 1.98. The van der Waals surface area contributed by atoms with Crippen molar-refractivity contribution in [2.45, 2.75) is 13.1 Å². The van der Waals surface area contributed by atoms with Crippen molar-refractivity contribution >= 4 is 15.9 Å². The van der Waals surface area contributed by atoms with E-state index in [9.17, 15) is 26.4 Å². The van der Waals surface area contributed by atoms with Crippen molar-refractivity contribution in [3.05, 3.63) is 0 Å². The molecule has 0 bridgehead atoms. The van der Waals surface area contributed by atoms with E-state index in [4.69, 9.17) is 0 Å². The van der Waals surface area contributed by atoms with Crippen LogP contribution in [0.4, 0.5) is 13.2 Å². The van der Waals surface area contributed by atoms with E-state index in [2.05, 4.69) is 0 Å². The zero-order valence-electron chi connectivity index (χ0n) is 6.47. The smallest absolute Gasteiger partial charge is 0.270 e. The van der Waals surface area contributed by atoms with Crippen molar-refractivity contribution in [3.8, 4) is 0 Å². The number of alkyl halides is 3. The number of carbonyl (C=O) groups excluding carboxylic acids is 1. The lowest BCUT2D eigenvalue weighted by molar-refractivity contribution is -0.174. The van der Waals surface area contributed by atoms with Gasteiger partial charge in [0.15, 0.2) is 0 Å². The maximum absolute atomic E-state index is 11.5. The van der Waals surface area contributed by atoms with Crippen LogP contribution in [-0.4, -0.2) is 26.3 Å². The van der Waals surface area contributed by atoms with Gasteiger partial charge < -0.3 is 0 Å². The third kappa shape index (κ3) is 4.68. The normalized spacial score (nSPS) is 12.6. The van der Waals surface area contributed by atoms with Crippen LogP contribution in [0.1, 0.15) is 6.92 Å². The van der Waals surface area contributed by atoms with E-state index in [0.29, 0.717) is 0 Å². The molecule has 0 atom stereocenters. The summed E-state index contributed by atoms with van der Waals surface area (Å²) in [5.74, 6) is -2.78. The van der Waals surface area contributed by atoms with Crippen LogP contribution in [0.2, 0.25) is 0 Å². The number of hydrogen-bond donors (Lipinski definition) is 2. The molecule has 9 heteroatoms. The molecular weight excluding hydrogens is 213 g/mol.